The Bertz CT molecular complexity index is 260. The number of carboxylic acids is 1. The van der Waals surface area contributed by atoms with E-state index in [1.807, 2.05) is 5.48 Å². The second kappa shape index (κ2) is 6.21. The Kier molecular flexibility index (Phi) is 5.21. The lowest BCUT2D eigenvalue weighted by molar-refractivity contribution is -0.315. The molecule has 0 aromatic carbocycles. The number of aliphatic hydroxyl groups is 4. The molecule has 0 saturated carbocycles. The largest absolute Gasteiger partial charge is 0.480 e. The van der Waals surface area contributed by atoms with Crippen LogP contribution in [-0.2, 0) is 14.4 Å². The molecule has 1 heterocycles. The van der Waals surface area contributed by atoms with Crippen molar-refractivity contribution in [3.63, 3.8) is 0 Å². The maximum absolute atomic E-state index is 10.2. The molecule has 1 aliphatic heterocycles. The van der Waals surface area contributed by atoms with Crippen molar-refractivity contribution in [3.8, 4) is 0 Å². The lowest BCUT2D eigenvalue weighted by Crippen LogP contribution is -2.60. The monoisotopic (exact) mass is 253 g/mol. The fourth-order valence-corrected chi connectivity index (χ4v) is 1.35. The number of hydrogen-bond donors (Lipinski definition) is 6. The summed E-state index contributed by atoms with van der Waals surface area (Å²) in [6.07, 6.45) is -7.07. The summed E-state index contributed by atoms with van der Waals surface area (Å²) in [7, 11) is 0. The standard InChI is InChI=1S/C8H15NO8/c10-2-3-5(13)6(14)7(15)8(16-3)17-9-1-4(11)12/h3,5-10,13-15H,1-2H2,(H,11,12)/t3-,5-,6+,7-,8+/m1/s1. The van der Waals surface area contributed by atoms with Gasteiger partial charge in [0.15, 0.2) is 0 Å². The molecule has 9 nitrogen and oxygen atoms in total. The quantitative estimate of drug-likeness (QED) is 0.273. The molecule has 9 heteroatoms. The van der Waals surface area contributed by atoms with Crippen LogP contribution in [0.5, 0.6) is 0 Å². The zero-order valence-electron chi connectivity index (χ0n) is 8.76. The van der Waals surface area contributed by atoms with Crippen molar-refractivity contribution in [1.29, 1.82) is 0 Å². The predicted octanol–water partition coefficient (Wildman–Crippen LogP) is -3.61. The molecule has 1 rings (SSSR count). The molecule has 0 aromatic heterocycles. The molecule has 0 radical (unpaired) electrons. The van der Waals surface area contributed by atoms with Gasteiger partial charge in [-0.15, -0.1) is 0 Å². The highest BCUT2D eigenvalue weighted by atomic mass is 16.8. The second-order valence-electron chi connectivity index (χ2n) is 3.53. The van der Waals surface area contributed by atoms with Crippen LogP contribution < -0.4 is 5.48 Å². The number of aliphatic hydroxyl groups excluding tert-OH is 4. The maximum atomic E-state index is 10.2. The summed E-state index contributed by atoms with van der Waals surface area (Å²) < 4.78 is 4.92. The number of hydrogen-bond acceptors (Lipinski definition) is 8. The highest BCUT2D eigenvalue weighted by Crippen LogP contribution is 2.21. The summed E-state index contributed by atoms with van der Waals surface area (Å²) in [6.45, 7) is -1.11. The van der Waals surface area contributed by atoms with Crippen LogP contribution in [0, 0.1) is 0 Å². The fraction of sp³-hybridized carbons (Fsp3) is 0.875. The minimum atomic E-state index is -1.56. The van der Waals surface area contributed by atoms with Gasteiger partial charge in [0.1, 0.15) is 31.0 Å². The Hall–Kier alpha value is -0.810. The normalized spacial score (nSPS) is 38.0. The first-order chi connectivity index (χ1) is 7.97. The molecule has 100 valence electrons. The first kappa shape index (κ1) is 14.3. The van der Waals surface area contributed by atoms with Crippen LogP contribution in [-0.4, -0.2) is 75.4 Å². The molecular formula is C8H15NO8. The number of carbonyl (C=O) groups is 1. The number of nitrogens with one attached hydrogen (secondary N) is 1. The van der Waals surface area contributed by atoms with E-state index < -0.39 is 49.8 Å². The van der Waals surface area contributed by atoms with Crippen LogP contribution in [0.15, 0.2) is 0 Å². The van der Waals surface area contributed by atoms with Gasteiger partial charge >= 0.3 is 5.97 Å². The van der Waals surface area contributed by atoms with Gasteiger partial charge in [-0.3, -0.25) is 9.63 Å². The van der Waals surface area contributed by atoms with Gasteiger partial charge in [-0.1, -0.05) is 0 Å². The molecule has 0 bridgehead atoms. The summed E-state index contributed by atoms with van der Waals surface area (Å²) in [5.41, 5.74) is 2.01. The van der Waals surface area contributed by atoms with Gasteiger partial charge in [0.05, 0.1) is 6.61 Å². The SMILES string of the molecule is O=C(O)CNO[C@@H]1O[C@H](CO)[C@@H](O)[C@H](O)[C@H]1O. The number of rotatable bonds is 5. The van der Waals surface area contributed by atoms with E-state index in [1.54, 1.807) is 0 Å². The van der Waals surface area contributed by atoms with Crippen LogP contribution >= 0.6 is 0 Å². The number of ether oxygens (including phenoxy) is 1. The summed E-state index contributed by atoms with van der Waals surface area (Å²) in [4.78, 5) is 14.9. The van der Waals surface area contributed by atoms with E-state index in [1.165, 1.54) is 0 Å². The molecule has 0 aromatic rings. The highest BCUT2D eigenvalue weighted by molar-refractivity contribution is 5.68. The minimum absolute atomic E-state index is 0.533. The van der Waals surface area contributed by atoms with E-state index in [-0.39, 0.29) is 0 Å². The Balaban J connectivity index is 2.50. The average Bonchev–Trinajstić information content (AvgIpc) is 2.29. The van der Waals surface area contributed by atoms with Gasteiger partial charge in [0.2, 0.25) is 6.29 Å². The van der Waals surface area contributed by atoms with E-state index in [0.717, 1.165) is 0 Å². The zero-order valence-corrected chi connectivity index (χ0v) is 8.76. The number of hydroxylamine groups is 1. The molecule has 5 atom stereocenters. The molecule has 0 aliphatic carbocycles. The maximum Gasteiger partial charge on any atom is 0.319 e. The summed E-state index contributed by atoms with van der Waals surface area (Å²) in [6, 6.07) is 0. The van der Waals surface area contributed by atoms with E-state index in [0.29, 0.717) is 0 Å². The molecule has 1 saturated heterocycles. The number of carboxylic acid groups (broad SMARTS) is 1. The van der Waals surface area contributed by atoms with Crippen LogP contribution in [0.4, 0.5) is 0 Å². The predicted molar refractivity (Wildman–Crippen MR) is 50.5 cm³/mol. The molecule has 0 spiro atoms. The first-order valence-electron chi connectivity index (χ1n) is 4.88. The number of aliphatic carboxylic acids is 1. The molecule has 6 N–H and O–H groups in total. The van der Waals surface area contributed by atoms with Gasteiger partial charge in [-0.2, -0.15) is 5.48 Å². The third kappa shape index (κ3) is 3.57. The van der Waals surface area contributed by atoms with Crippen molar-refractivity contribution in [2.75, 3.05) is 13.2 Å². The van der Waals surface area contributed by atoms with Gasteiger partial charge in [0, 0.05) is 0 Å². The Morgan fingerprint density at radius 1 is 1.24 bits per heavy atom. The van der Waals surface area contributed by atoms with Gasteiger partial charge < -0.3 is 30.3 Å². The van der Waals surface area contributed by atoms with Crippen molar-refractivity contribution in [3.05, 3.63) is 0 Å². The zero-order chi connectivity index (χ0) is 13.0. The lowest BCUT2D eigenvalue weighted by Gasteiger charge is -2.39. The topological polar surface area (TPSA) is 149 Å². The Morgan fingerprint density at radius 3 is 2.41 bits per heavy atom. The van der Waals surface area contributed by atoms with E-state index in [2.05, 4.69) is 4.84 Å². The smallest absolute Gasteiger partial charge is 0.319 e. The van der Waals surface area contributed by atoms with E-state index in [4.69, 9.17) is 14.9 Å². The van der Waals surface area contributed by atoms with Crippen LogP contribution in [0.2, 0.25) is 0 Å². The summed E-state index contributed by atoms with van der Waals surface area (Å²) in [5, 5.41) is 45.4. The van der Waals surface area contributed by atoms with Crippen molar-refractivity contribution in [2.24, 2.45) is 0 Å². The minimum Gasteiger partial charge on any atom is -0.480 e. The van der Waals surface area contributed by atoms with Crippen molar-refractivity contribution < 1.29 is 39.9 Å². The van der Waals surface area contributed by atoms with E-state index >= 15 is 0 Å². The molecule has 17 heavy (non-hydrogen) atoms. The second-order valence-corrected chi connectivity index (χ2v) is 3.53. The van der Waals surface area contributed by atoms with Gasteiger partial charge in [-0.05, 0) is 0 Å². The summed E-state index contributed by atoms with van der Waals surface area (Å²) >= 11 is 0. The molecule has 1 fully saturated rings. The van der Waals surface area contributed by atoms with Crippen LogP contribution in [0.3, 0.4) is 0 Å². The fourth-order valence-electron chi connectivity index (χ4n) is 1.35. The van der Waals surface area contributed by atoms with Crippen molar-refractivity contribution >= 4 is 5.97 Å². The van der Waals surface area contributed by atoms with Crippen molar-refractivity contribution in [1.82, 2.24) is 5.48 Å². The van der Waals surface area contributed by atoms with Crippen molar-refractivity contribution in [2.45, 2.75) is 30.7 Å². The van der Waals surface area contributed by atoms with Crippen LogP contribution in [0.1, 0.15) is 0 Å². The third-order valence-electron chi connectivity index (χ3n) is 2.27. The van der Waals surface area contributed by atoms with Gasteiger partial charge in [0.25, 0.3) is 0 Å². The lowest BCUT2D eigenvalue weighted by atomic mass is 9.99. The highest BCUT2D eigenvalue weighted by Gasteiger charge is 2.44. The molecule has 1 aliphatic rings. The Morgan fingerprint density at radius 2 is 1.88 bits per heavy atom. The average molecular weight is 253 g/mol. The Labute approximate surface area is 96.2 Å². The molecule has 0 unspecified atom stereocenters. The first-order valence-corrected chi connectivity index (χ1v) is 4.88. The van der Waals surface area contributed by atoms with E-state index in [9.17, 15) is 20.1 Å². The van der Waals surface area contributed by atoms with Gasteiger partial charge in [-0.25, -0.2) is 0 Å². The summed E-state index contributed by atoms with van der Waals surface area (Å²) in [5.74, 6) is -1.19. The third-order valence-corrected chi connectivity index (χ3v) is 2.27. The van der Waals surface area contributed by atoms with Crippen LogP contribution in [0.25, 0.3) is 0 Å². The molecular weight excluding hydrogens is 238 g/mol. The molecule has 0 amide bonds.